The zero-order valence-corrected chi connectivity index (χ0v) is 16.4. The minimum absolute atomic E-state index is 0.0466. The number of nitrogens with one attached hydrogen (secondary N) is 1. The van der Waals surface area contributed by atoms with Crippen LogP contribution in [0.15, 0.2) is 41.3 Å². The first-order chi connectivity index (χ1) is 12.8. The molecule has 1 aromatic rings. The number of carbonyl (C=O) groups excluding carboxylic acids is 1. The number of rotatable bonds is 7. The fourth-order valence-electron chi connectivity index (χ4n) is 3.08. The first-order valence-corrected chi connectivity index (χ1v) is 10.5. The Morgan fingerprint density at radius 2 is 1.96 bits per heavy atom. The molecule has 8 heteroatoms. The van der Waals surface area contributed by atoms with Gasteiger partial charge >= 0.3 is 5.97 Å². The predicted octanol–water partition coefficient (Wildman–Crippen LogP) is 2.40. The first-order valence-electron chi connectivity index (χ1n) is 9.04. The van der Waals surface area contributed by atoms with Crippen LogP contribution in [0.25, 0.3) is 0 Å². The van der Waals surface area contributed by atoms with Gasteiger partial charge in [0.25, 0.3) is 5.91 Å². The quantitative estimate of drug-likeness (QED) is 0.691. The highest BCUT2D eigenvalue weighted by molar-refractivity contribution is 7.89. The molecule has 0 spiro atoms. The van der Waals surface area contributed by atoms with Gasteiger partial charge in [0, 0.05) is 18.2 Å². The molecule has 1 aromatic carbocycles. The molecule has 0 aromatic heterocycles. The molecule has 2 unspecified atom stereocenters. The number of aliphatic carboxylic acids is 1. The van der Waals surface area contributed by atoms with Crippen molar-refractivity contribution in [2.45, 2.75) is 56.5 Å². The number of amides is 1. The van der Waals surface area contributed by atoms with E-state index in [0.29, 0.717) is 6.54 Å². The molecule has 0 radical (unpaired) electrons. The smallest absolute Gasteiger partial charge is 0.326 e. The average molecular weight is 394 g/mol. The van der Waals surface area contributed by atoms with E-state index in [1.54, 1.807) is 19.1 Å². The molecule has 7 nitrogen and oxygen atoms in total. The Kier molecular flexibility index (Phi) is 7.15. The van der Waals surface area contributed by atoms with Crippen molar-refractivity contribution in [1.82, 2.24) is 9.62 Å². The lowest BCUT2D eigenvalue weighted by Gasteiger charge is -2.32. The summed E-state index contributed by atoms with van der Waals surface area (Å²) in [6.45, 7) is 4.16. The minimum atomic E-state index is -3.60. The summed E-state index contributed by atoms with van der Waals surface area (Å²) in [5.74, 6) is -1.68. The van der Waals surface area contributed by atoms with Crippen LogP contribution in [-0.4, -0.2) is 48.3 Å². The Bertz CT molecular complexity index is 802. The van der Waals surface area contributed by atoms with Crippen molar-refractivity contribution in [2.24, 2.45) is 0 Å². The van der Waals surface area contributed by atoms with Gasteiger partial charge < -0.3 is 10.4 Å². The van der Waals surface area contributed by atoms with Crippen molar-refractivity contribution in [1.29, 1.82) is 0 Å². The summed E-state index contributed by atoms with van der Waals surface area (Å²) in [5, 5.41) is 11.6. The normalized spacial score (nSPS) is 19.7. The Balaban J connectivity index is 2.14. The van der Waals surface area contributed by atoms with Gasteiger partial charge in [0.2, 0.25) is 10.0 Å². The highest BCUT2D eigenvalue weighted by Crippen LogP contribution is 2.25. The summed E-state index contributed by atoms with van der Waals surface area (Å²) in [4.78, 5) is 23.6. The summed E-state index contributed by atoms with van der Waals surface area (Å²) < 4.78 is 27.1. The third-order valence-corrected chi connectivity index (χ3v) is 6.70. The van der Waals surface area contributed by atoms with E-state index in [0.717, 1.165) is 19.3 Å². The summed E-state index contributed by atoms with van der Waals surface area (Å²) >= 11 is 0. The van der Waals surface area contributed by atoms with Crippen LogP contribution in [0.5, 0.6) is 0 Å². The van der Waals surface area contributed by atoms with Gasteiger partial charge in [-0.05, 0) is 57.4 Å². The van der Waals surface area contributed by atoms with Gasteiger partial charge in [-0.15, -0.1) is 0 Å². The van der Waals surface area contributed by atoms with Gasteiger partial charge in [-0.3, -0.25) is 4.79 Å². The third kappa shape index (κ3) is 5.17. The lowest BCUT2D eigenvalue weighted by Crippen LogP contribution is -2.42. The van der Waals surface area contributed by atoms with E-state index in [1.165, 1.54) is 28.6 Å². The molecule has 0 saturated carbocycles. The molecular weight excluding hydrogens is 368 g/mol. The molecule has 2 rings (SSSR count). The number of carboxylic acids is 1. The first kappa shape index (κ1) is 21.1. The summed E-state index contributed by atoms with van der Waals surface area (Å²) in [7, 11) is -3.60. The molecule has 148 valence electrons. The molecule has 1 saturated heterocycles. The van der Waals surface area contributed by atoms with E-state index in [-0.39, 0.29) is 22.9 Å². The summed E-state index contributed by atoms with van der Waals surface area (Å²) in [6, 6.07) is 4.53. The lowest BCUT2D eigenvalue weighted by molar-refractivity contribution is -0.139. The summed E-state index contributed by atoms with van der Waals surface area (Å²) in [5.41, 5.74) is 0.215. The zero-order valence-electron chi connectivity index (χ0n) is 15.6. The highest BCUT2D eigenvalue weighted by atomic mass is 32.2. The maximum Gasteiger partial charge on any atom is 0.326 e. The van der Waals surface area contributed by atoms with Crippen molar-refractivity contribution < 1.29 is 23.1 Å². The number of benzene rings is 1. The number of carbonyl (C=O) groups is 2. The van der Waals surface area contributed by atoms with Crippen molar-refractivity contribution in [2.75, 3.05) is 6.54 Å². The number of piperidine rings is 1. The molecule has 1 amide bonds. The van der Waals surface area contributed by atoms with Gasteiger partial charge in [-0.2, -0.15) is 4.31 Å². The van der Waals surface area contributed by atoms with Gasteiger partial charge in [0.05, 0.1) is 4.90 Å². The molecule has 0 aliphatic carbocycles. The average Bonchev–Trinajstić information content (AvgIpc) is 2.65. The maximum absolute atomic E-state index is 12.8. The van der Waals surface area contributed by atoms with Crippen molar-refractivity contribution >= 4 is 21.9 Å². The number of allylic oxidation sites excluding steroid dienone is 1. The van der Waals surface area contributed by atoms with Crippen LogP contribution in [0.2, 0.25) is 0 Å². The zero-order chi connectivity index (χ0) is 20.0. The van der Waals surface area contributed by atoms with Crippen LogP contribution >= 0.6 is 0 Å². The van der Waals surface area contributed by atoms with E-state index in [4.69, 9.17) is 0 Å². The van der Waals surface area contributed by atoms with Crippen LogP contribution in [0.3, 0.4) is 0 Å². The van der Waals surface area contributed by atoms with Crippen molar-refractivity contribution in [3.05, 3.63) is 42.0 Å². The number of sulfonamides is 1. The standard InChI is InChI=1S/C19H26N2O5S/c1-3-4-8-17(19(23)24)20-18(22)15-9-11-16(12-10-15)27(25,26)21-13-6-5-7-14(21)2/h3-4,9-12,14,17H,5-8,13H2,1-2H3,(H,20,22)(H,23,24)/b4-3+. The van der Waals surface area contributed by atoms with E-state index >= 15 is 0 Å². The van der Waals surface area contributed by atoms with Crippen LogP contribution in [-0.2, 0) is 14.8 Å². The predicted molar refractivity (Wildman–Crippen MR) is 102 cm³/mol. The molecule has 1 fully saturated rings. The van der Waals surface area contributed by atoms with E-state index < -0.39 is 27.9 Å². The van der Waals surface area contributed by atoms with E-state index in [9.17, 15) is 23.1 Å². The Morgan fingerprint density at radius 3 is 2.52 bits per heavy atom. The topological polar surface area (TPSA) is 104 Å². The fraction of sp³-hybridized carbons (Fsp3) is 0.474. The highest BCUT2D eigenvalue weighted by Gasteiger charge is 2.31. The molecule has 2 atom stereocenters. The molecule has 27 heavy (non-hydrogen) atoms. The number of nitrogens with zero attached hydrogens (tertiary/aromatic N) is 1. The van der Waals surface area contributed by atoms with Crippen LogP contribution < -0.4 is 5.32 Å². The third-order valence-electron chi connectivity index (χ3n) is 4.68. The second-order valence-electron chi connectivity index (χ2n) is 6.65. The van der Waals surface area contributed by atoms with Crippen LogP contribution in [0, 0.1) is 0 Å². The lowest BCUT2D eigenvalue weighted by atomic mass is 10.1. The molecule has 0 bridgehead atoms. The molecular formula is C19H26N2O5S. The monoisotopic (exact) mass is 394 g/mol. The van der Waals surface area contributed by atoms with Crippen molar-refractivity contribution in [3.63, 3.8) is 0 Å². The fourth-order valence-corrected chi connectivity index (χ4v) is 4.78. The Labute approximate surface area is 160 Å². The number of carboxylic acid groups (broad SMARTS) is 1. The second-order valence-corrected chi connectivity index (χ2v) is 8.54. The molecule has 1 aliphatic heterocycles. The molecule has 1 aliphatic rings. The number of hydrogen-bond donors (Lipinski definition) is 2. The van der Waals surface area contributed by atoms with Gasteiger partial charge in [-0.25, -0.2) is 13.2 Å². The Morgan fingerprint density at radius 1 is 1.30 bits per heavy atom. The van der Waals surface area contributed by atoms with E-state index in [1.807, 2.05) is 6.92 Å². The van der Waals surface area contributed by atoms with Crippen LogP contribution in [0.4, 0.5) is 0 Å². The van der Waals surface area contributed by atoms with E-state index in [2.05, 4.69) is 5.32 Å². The largest absolute Gasteiger partial charge is 0.480 e. The molecule has 2 N–H and O–H groups in total. The Hall–Kier alpha value is -2.19. The van der Waals surface area contributed by atoms with Gasteiger partial charge in [0.1, 0.15) is 6.04 Å². The SMILES string of the molecule is C/C=C/CC(NC(=O)c1ccc(S(=O)(=O)N2CCCCC2C)cc1)C(=O)O. The maximum atomic E-state index is 12.8. The number of hydrogen-bond acceptors (Lipinski definition) is 4. The minimum Gasteiger partial charge on any atom is -0.480 e. The van der Waals surface area contributed by atoms with Gasteiger partial charge in [-0.1, -0.05) is 18.6 Å². The summed E-state index contributed by atoms with van der Waals surface area (Å²) in [6.07, 6.45) is 6.24. The van der Waals surface area contributed by atoms with Gasteiger partial charge in [0.15, 0.2) is 0 Å². The van der Waals surface area contributed by atoms with Crippen molar-refractivity contribution in [3.8, 4) is 0 Å². The second kappa shape index (κ2) is 9.14. The van der Waals surface area contributed by atoms with Crippen LogP contribution in [0.1, 0.15) is 49.9 Å². The molecule has 1 heterocycles.